The highest BCUT2D eigenvalue weighted by Gasteiger charge is 2.03. The summed E-state index contributed by atoms with van der Waals surface area (Å²) in [7, 11) is 0. The maximum absolute atomic E-state index is 9.14. The summed E-state index contributed by atoms with van der Waals surface area (Å²) >= 11 is 0. The zero-order valence-corrected chi connectivity index (χ0v) is 6.20. The highest BCUT2D eigenvalue weighted by Crippen LogP contribution is 2.25. The van der Waals surface area contributed by atoms with E-state index in [1.54, 1.807) is 6.92 Å². The van der Waals surface area contributed by atoms with E-state index in [1.165, 1.54) is 12.1 Å². The van der Waals surface area contributed by atoms with Crippen LogP contribution in [0, 0.1) is 6.92 Å². The van der Waals surface area contributed by atoms with E-state index in [0.717, 1.165) is 0 Å². The molecule has 3 nitrogen and oxygen atoms in total. The smallest absolute Gasteiger partial charge is 0.122 e. The van der Waals surface area contributed by atoms with Crippen LogP contribution in [0.25, 0.3) is 0 Å². The summed E-state index contributed by atoms with van der Waals surface area (Å²) in [6, 6.07) is 2.67. The number of aliphatic hydroxyl groups excluding tert-OH is 1. The van der Waals surface area contributed by atoms with Crippen LogP contribution in [-0.2, 0) is 6.61 Å². The van der Waals surface area contributed by atoms with Crippen molar-refractivity contribution in [2.75, 3.05) is 0 Å². The first-order valence-corrected chi connectivity index (χ1v) is 3.27. The first kappa shape index (κ1) is 7.88. The van der Waals surface area contributed by atoms with Crippen molar-refractivity contribution in [2.45, 2.75) is 13.5 Å². The van der Waals surface area contributed by atoms with E-state index in [-0.39, 0.29) is 18.1 Å². The molecule has 0 aliphatic carbocycles. The average molecular weight is 154 g/mol. The summed E-state index contributed by atoms with van der Waals surface area (Å²) in [5.74, 6) is -0.0220. The van der Waals surface area contributed by atoms with Gasteiger partial charge in [-0.15, -0.1) is 0 Å². The minimum Gasteiger partial charge on any atom is -0.508 e. The van der Waals surface area contributed by atoms with Crippen LogP contribution in [0.2, 0.25) is 0 Å². The Morgan fingerprint density at radius 1 is 1.27 bits per heavy atom. The van der Waals surface area contributed by atoms with Gasteiger partial charge < -0.3 is 15.3 Å². The molecule has 3 heteroatoms. The largest absolute Gasteiger partial charge is 0.508 e. The Kier molecular flexibility index (Phi) is 2.01. The fraction of sp³-hybridized carbons (Fsp3) is 0.250. The molecule has 0 saturated heterocycles. The highest BCUT2D eigenvalue weighted by atomic mass is 16.3. The lowest BCUT2D eigenvalue weighted by atomic mass is 10.1. The first-order chi connectivity index (χ1) is 5.15. The van der Waals surface area contributed by atoms with Crippen LogP contribution in [0.15, 0.2) is 12.1 Å². The average Bonchev–Trinajstić information content (AvgIpc) is 1.96. The second-order valence-electron chi connectivity index (χ2n) is 2.41. The van der Waals surface area contributed by atoms with Crippen molar-refractivity contribution in [3.8, 4) is 11.5 Å². The molecular formula is C8H10O3. The second kappa shape index (κ2) is 2.80. The van der Waals surface area contributed by atoms with Gasteiger partial charge in [-0.1, -0.05) is 0 Å². The predicted molar refractivity (Wildman–Crippen MR) is 40.4 cm³/mol. The van der Waals surface area contributed by atoms with Gasteiger partial charge in [0.2, 0.25) is 0 Å². The minimum atomic E-state index is -0.173. The van der Waals surface area contributed by atoms with Gasteiger partial charge in [0.25, 0.3) is 0 Å². The molecule has 0 radical (unpaired) electrons. The third kappa shape index (κ3) is 1.43. The summed E-state index contributed by atoms with van der Waals surface area (Å²) < 4.78 is 0. The first-order valence-electron chi connectivity index (χ1n) is 3.27. The molecule has 11 heavy (non-hydrogen) atoms. The Balaban J connectivity index is 3.24. The van der Waals surface area contributed by atoms with E-state index >= 15 is 0 Å². The molecule has 0 amide bonds. The number of benzene rings is 1. The van der Waals surface area contributed by atoms with Crippen molar-refractivity contribution in [1.29, 1.82) is 0 Å². The molecule has 0 heterocycles. The van der Waals surface area contributed by atoms with Crippen LogP contribution in [0.3, 0.4) is 0 Å². The molecule has 0 bridgehead atoms. The molecule has 0 aliphatic heterocycles. The van der Waals surface area contributed by atoms with Crippen LogP contribution < -0.4 is 0 Å². The SMILES string of the molecule is Cc1c(O)cc(O)cc1CO. The summed E-state index contributed by atoms with van der Waals surface area (Å²) in [5.41, 5.74) is 1.15. The molecular weight excluding hydrogens is 144 g/mol. The fourth-order valence-electron chi connectivity index (χ4n) is 0.905. The molecule has 0 aliphatic rings. The maximum atomic E-state index is 9.14. The van der Waals surface area contributed by atoms with Crippen molar-refractivity contribution in [1.82, 2.24) is 0 Å². The lowest BCUT2D eigenvalue weighted by molar-refractivity contribution is 0.279. The lowest BCUT2D eigenvalue weighted by Gasteiger charge is -2.04. The third-order valence-electron chi connectivity index (χ3n) is 1.64. The minimum absolute atomic E-state index is 0.00838. The number of phenolic OH excluding ortho intramolecular Hbond substituents is 2. The molecule has 60 valence electrons. The molecule has 0 atom stereocenters. The summed E-state index contributed by atoms with van der Waals surface area (Å²) in [6.45, 7) is 1.51. The molecule has 0 spiro atoms. The van der Waals surface area contributed by atoms with Crippen molar-refractivity contribution >= 4 is 0 Å². The summed E-state index contributed by atoms with van der Waals surface area (Å²) in [6.07, 6.45) is 0. The van der Waals surface area contributed by atoms with Gasteiger partial charge in [0.1, 0.15) is 11.5 Å². The molecule has 0 fully saturated rings. The highest BCUT2D eigenvalue weighted by molar-refractivity contribution is 5.43. The van der Waals surface area contributed by atoms with Gasteiger partial charge in [-0.2, -0.15) is 0 Å². The van der Waals surface area contributed by atoms with E-state index < -0.39 is 0 Å². The lowest BCUT2D eigenvalue weighted by Crippen LogP contribution is -1.88. The Hall–Kier alpha value is -1.22. The van der Waals surface area contributed by atoms with Crippen LogP contribution in [0.5, 0.6) is 11.5 Å². The number of aromatic hydroxyl groups is 2. The predicted octanol–water partition coefficient (Wildman–Crippen LogP) is 0.899. The van der Waals surface area contributed by atoms with Crippen LogP contribution in [0.1, 0.15) is 11.1 Å². The fourth-order valence-corrected chi connectivity index (χ4v) is 0.905. The van der Waals surface area contributed by atoms with Gasteiger partial charge in [0.05, 0.1) is 6.61 Å². The van der Waals surface area contributed by atoms with E-state index in [0.29, 0.717) is 11.1 Å². The van der Waals surface area contributed by atoms with Crippen molar-refractivity contribution in [2.24, 2.45) is 0 Å². The number of hydrogen-bond donors (Lipinski definition) is 3. The monoisotopic (exact) mass is 154 g/mol. The molecule has 3 N–H and O–H groups in total. The molecule has 0 saturated carbocycles. The molecule has 1 rings (SSSR count). The van der Waals surface area contributed by atoms with Gasteiger partial charge in [0.15, 0.2) is 0 Å². The quantitative estimate of drug-likeness (QED) is 0.563. The Bertz CT molecular complexity index is 268. The number of phenols is 2. The van der Waals surface area contributed by atoms with E-state index in [9.17, 15) is 0 Å². The third-order valence-corrected chi connectivity index (χ3v) is 1.64. The van der Waals surface area contributed by atoms with Crippen LogP contribution >= 0.6 is 0 Å². The molecule has 1 aromatic carbocycles. The normalized spacial score (nSPS) is 10.0. The standard InChI is InChI=1S/C8H10O3/c1-5-6(4-9)2-7(10)3-8(5)11/h2-3,9-11H,4H2,1H3. The zero-order valence-electron chi connectivity index (χ0n) is 6.20. The molecule has 0 aromatic heterocycles. The second-order valence-corrected chi connectivity index (χ2v) is 2.41. The van der Waals surface area contributed by atoms with Gasteiger partial charge in [-0.05, 0) is 24.1 Å². The van der Waals surface area contributed by atoms with Crippen molar-refractivity contribution in [3.05, 3.63) is 23.3 Å². The van der Waals surface area contributed by atoms with Gasteiger partial charge in [-0.25, -0.2) is 0 Å². The van der Waals surface area contributed by atoms with Crippen LogP contribution in [-0.4, -0.2) is 15.3 Å². The van der Waals surface area contributed by atoms with E-state index in [1.807, 2.05) is 0 Å². The summed E-state index contributed by atoms with van der Waals surface area (Å²) in [5, 5.41) is 26.9. The summed E-state index contributed by atoms with van der Waals surface area (Å²) in [4.78, 5) is 0. The topological polar surface area (TPSA) is 60.7 Å². The maximum Gasteiger partial charge on any atom is 0.122 e. The zero-order chi connectivity index (χ0) is 8.43. The van der Waals surface area contributed by atoms with Gasteiger partial charge >= 0.3 is 0 Å². The van der Waals surface area contributed by atoms with Crippen molar-refractivity contribution in [3.63, 3.8) is 0 Å². The number of rotatable bonds is 1. The Morgan fingerprint density at radius 2 is 1.91 bits per heavy atom. The number of hydrogen-bond acceptors (Lipinski definition) is 3. The van der Waals surface area contributed by atoms with Crippen molar-refractivity contribution < 1.29 is 15.3 Å². The molecule has 0 unspecified atom stereocenters. The molecule has 1 aromatic rings. The van der Waals surface area contributed by atoms with E-state index in [4.69, 9.17) is 15.3 Å². The van der Waals surface area contributed by atoms with Gasteiger partial charge in [-0.3, -0.25) is 0 Å². The van der Waals surface area contributed by atoms with E-state index in [2.05, 4.69) is 0 Å². The Labute approximate surface area is 64.5 Å². The Morgan fingerprint density at radius 3 is 2.45 bits per heavy atom. The van der Waals surface area contributed by atoms with Gasteiger partial charge in [0, 0.05) is 6.07 Å². The number of aliphatic hydroxyl groups is 1. The van der Waals surface area contributed by atoms with Crippen LogP contribution in [0.4, 0.5) is 0 Å².